The van der Waals surface area contributed by atoms with Gasteiger partial charge in [-0.3, -0.25) is 14.4 Å². The number of hydrogen-bond acceptors (Lipinski definition) is 4. The molecule has 0 aromatic carbocycles. The molecular weight excluding hydrogens is 344 g/mol. The Labute approximate surface area is 153 Å². The summed E-state index contributed by atoms with van der Waals surface area (Å²) in [6, 6.07) is -0.656. The number of halogens is 1. The van der Waals surface area contributed by atoms with E-state index in [2.05, 4.69) is 10.6 Å². The minimum Gasteiger partial charge on any atom is -0.455 e. The summed E-state index contributed by atoms with van der Waals surface area (Å²) in [6.07, 6.45) is 5.45. The van der Waals surface area contributed by atoms with Crippen LogP contribution in [0.15, 0.2) is 0 Å². The molecule has 6 nitrogen and oxygen atoms in total. The molecule has 2 amide bonds. The maximum atomic E-state index is 12.7. The second kappa shape index (κ2) is 6.78. The maximum Gasteiger partial charge on any atom is 0.312 e. The fourth-order valence-corrected chi connectivity index (χ4v) is 6.04. The molecule has 0 aliphatic heterocycles. The number of esters is 1. The van der Waals surface area contributed by atoms with E-state index in [0.717, 1.165) is 32.1 Å². The Kier molecular flexibility index (Phi) is 5.02. The van der Waals surface area contributed by atoms with Crippen LogP contribution in [0, 0.1) is 17.3 Å². The van der Waals surface area contributed by atoms with Crippen molar-refractivity contribution in [1.82, 2.24) is 10.6 Å². The fraction of sp³-hybridized carbons (Fsp3) is 0.833. The average molecular weight is 371 g/mol. The summed E-state index contributed by atoms with van der Waals surface area (Å²) < 4.78 is 5.33. The van der Waals surface area contributed by atoms with Crippen molar-refractivity contribution >= 4 is 29.4 Å². The molecule has 5 atom stereocenters. The van der Waals surface area contributed by atoms with E-state index in [9.17, 15) is 14.4 Å². The topological polar surface area (TPSA) is 84.5 Å². The van der Waals surface area contributed by atoms with Crippen molar-refractivity contribution in [2.24, 2.45) is 17.3 Å². The van der Waals surface area contributed by atoms with Gasteiger partial charge in [-0.25, -0.2) is 0 Å². The summed E-state index contributed by atoms with van der Waals surface area (Å²) >= 11 is 6.73. The summed E-state index contributed by atoms with van der Waals surface area (Å²) in [5.74, 6) is -0.0204. The Bertz CT molecular complexity index is 565. The van der Waals surface area contributed by atoms with Crippen LogP contribution in [0.2, 0.25) is 0 Å². The number of amides is 2. The predicted molar refractivity (Wildman–Crippen MR) is 92.9 cm³/mol. The first-order valence-corrected chi connectivity index (χ1v) is 9.56. The molecule has 4 fully saturated rings. The Morgan fingerprint density at radius 1 is 1.20 bits per heavy atom. The molecule has 0 aromatic rings. The molecule has 0 spiro atoms. The first-order chi connectivity index (χ1) is 11.8. The lowest BCUT2D eigenvalue weighted by atomic mass is 9.49. The zero-order valence-corrected chi connectivity index (χ0v) is 15.7. The van der Waals surface area contributed by atoms with Crippen molar-refractivity contribution in [3.05, 3.63) is 0 Å². The highest BCUT2D eigenvalue weighted by Crippen LogP contribution is 2.64. The standard InChI is InChI=1S/C18H27ClN2O4/c1-3-20-15(23)11(2)21-14(22)9-25-16(24)17-5-12-4-13(6-17)8-18(19,7-12)10-17/h11-13H,3-10H2,1-2H3,(H,20,23)(H,21,22)/t11-,12-,13+,17?,18?/m1/s1. The second-order valence-electron chi connectivity index (χ2n) is 8.15. The molecule has 4 rings (SSSR count). The van der Waals surface area contributed by atoms with Crippen LogP contribution in [0.25, 0.3) is 0 Å². The highest BCUT2D eigenvalue weighted by atomic mass is 35.5. The van der Waals surface area contributed by atoms with Crippen LogP contribution in [-0.2, 0) is 19.1 Å². The van der Waals surface area contributed by atoms with E-state index in [0.29, 0.717) is 24.8 Å². The molecule has 2 N–H and O–H groups in total. The third kappa shape index (κ3) is 3.78. The smallest absolute Gasteiger partial charge is 0.312 e. The highest BCUT2D eigenvalue weighted by Gasteiger charge is 2.60. The summed E-state index contributed by atoms with van der Waals surface area (Å²) in [5, 5.41) is 5.18. The second-order valence-corrected chi connectivity index (χ2v) is 8.95. The first kappa shape index (κ1) is 18.5. The molecule has 0 saturated heterocycles. The highest BCUT2D eigenvalue weighted by molar-refractivity contribution is 6.24. The van der Waals surface area contributed by atoms with Gasteiger partial charge in [0, 0.05) is 11.4 Å². The number of nitrogens with one attached hydrogen (secondary N) is 2. The van der Waals surface area contributed by atoms with E-state index in [1.807, 2.05) is 6.92 Å². The molecule has 25 heavy (non-hydrogen) atoms. The quantitative estimate of drug-likeness (QED) is 0.551. The summed E-state index contributed by atoms with van der Waals surface area (Å²) in [6.45, 7) is 3.55. The van der Waals surface area contributed by atoms with Crippen LogP contribution in [0.5, 0.6) is 0 Å². The third-order valence-corrected chi connectivity index (χ3v) is 6.32. The van der Waals surface area contributed by atoms with Gasteiger partial charge in [0.1, 0.15) is 6.04 Å². The number of alkyl halides is 1. The van der Waals surface area contributed by atoms with Gasteiger partial charge in [0.2, 0.25) is 5.91 Å². The van der Waals surface area contributed by atoms with Crippen molar-refractivity contribution in [3.8, 4) is 0 Å². The first-order valence-electron chi connectivity index (χ1n) is 9.18. The molecule has 0 radical (unpaired) electrons. The summed E-state index contributed by atoms with van der Waals surface area (Å²) in [5.41, 5.74) is -0.517. The van der Waals surface area contributed by atoms with Crippen molar-refractivity contribution in [2.75, 3.05) is 13.2 Å². The van der Waals surface area contributed by atoms with Gasteiger partial charge in [-0.2, -0.15) is 0 Å². The number of hydrogen-bond donors (Lipinski definition) is 2. The fourth-order valence-electron chi connectivity index (χ4n) is 5.35. The maximum absolute atomic E-state index is 12.7. The lowest BCUT2D eigenvalue weighted by molar-refractivity contribution is -0.171. The van der Waals surface area contributed by atoms with Gasteiger partial charge in [-0.1, -0.05) is 0 Å². The van der Waals surface area contributed by atoms with E-state index in [1.54, 1.807) is 6.92 Å². The summed E-state index contributed by atoms with van der Waals surface area (Å²) in [4.78, 5) is 36.1. The molecule has 2 unspecified atom stereocenters. The third-order valence-electron chi connectivity index (χ3n) is 5.88. The minimum atomic E-state index is -0.656. The van der Waals surface area contributed by atoms with E-state index >= 15 is 0 Å². The van der Waals surface area contributed by atoms with E-state index < -0.39 is 17.4 Å². The van der Waals surface area contributed by atoms with Gasteiger partial charge in [0.05, 0.1) is 5.41 Å². The zero-order valence-electron chi connectivity index (χ0n) is 14.9. The predicted octanol–water partition coefficient (Wildman–Crippen LogP) is 1.75. The van der Waals surface area contributed by atoms with Gasteiger partial charge >= 0.3 is 5.97 Å². The van der Waals surface area contributed by atoms with Gasteiger partial charge in [-0.15, -0.1) is 11.6 Å². The Morgan fingerprint density at radius 2 is 1.84 bits per heavy atom. The molecule has 4 aliphatic carbocycles. The van der Waals surface area contributed by atoms with E-state index in [-0.39, 0.29) is 23.4 Å². The van der Waals surface area contributed by atoms with Crippen LogP contribution in [0.1, 0.15) is 52.4 Å². The minimum absolute atomic E-state index is 0.257. The van der Waals surface area contributed by atoms with Crippen LogP contribution in [0.4, 0.5) is 0 Å². The Balaban J connectivity index is 1.53. The van der Waals surface area contributed by atoms with Gasteiger partial charge < -0.3 is 15.4 Å². The number of likely N-dealkylation sites (N-methyl/N-ethyl adjacent to an activating group) is 1. The number of rotatable bonds is 6. The molecule has 0 aromatic heterocycles. The molecular formula is C18H27ClN2O4. The SMILES string of the molecule is CCNC(=O)[C@@H](C)NC(=O)COC(=O)C12C[C@@H]3C[C@@H](CC(Cl)(C3)C1)C2. The van der Waals surface area contributed by atoms with Crippen LogP contribution in [-0.4, -0.2) is 41.9 Å². The molecule has 4 bridgehead atoms. The number of ether oxygens (including phenoxy) is 1. The van der Waals surface area contributed by atoms with Crippen LogP contribution < -0.4 is 10.6 Å². The Morgan fingerprint density at radius 3 is 2.40 bits per heavy atom. The largest absolute Gasteiger partial charge is 0.455 e. The van der Waals surface area contributed by atoms with Crippen molar-refractivity contribution in [2.45, 2.75) is 63.3 Å². The average Bonchev–Trinajstić information content (AvgIpc) is 2.50. The normalized spacial score (nSPS) is 36.6. The van der Waals surface area contributed by atoms with Crippen molar-refractivity contribution in [1.29, 1.82) is 0 Å². The Hall–Kier alpha value is -1.30. The summed E-state index contributed by atoms with van der Waals surface area (Å²) in [7, 11) is 0. The zero-order chi connectivity index (χ0) is 18.2. The lowest BCUT2D eigenvalue weighted by Gasteiger charge is -2.58. The molecule has 0 heterocycles. The molecule has 4 saturated carbocycles. The molecule has 4 aliphatic rings. The van der Waals surface area contributed by atoms with Crippen LogP contribution >= 0.6 is 11.6 Å². The van der Waals surface area contributed by atoms with Gasteiger partial charge in [-0.05, 0) is 64.2 Å². The van der Waals surface area contributed by atoms with Crippen molar-refractivity contribution < 1.29 is 19.1 Å². The van der Waals surface area contributed by atoms with E-state index in [4.69, 9.17) is 16.3 Å². The van der Waals surface area contributed by atoms with E-state index in [1.165, 1.54) is 0 Å². The van der Waals surface area contributed by atoms with Crippen LogP contribution in [0.3, 0.4) is 0 Å². The monoisotopic (exact) mass is 370 g/mol. The lowest BCUT2D eigenvalue weighted by Crippen LogP contribution is -2.56. The van der Waals surface area contributed by atoms with Gasteiger partial charge in [0.15, 0.2) is 6.61 Å². The molecule has 140 valence electrons. The number of carbonyl (C=O) groups is 3. The number of carbonyl (C=O) groups excluding carboxylic acids is 3. The van der Waals surface area contributed by atoms with Gasteiger partial charge in [0.25, 0.3) is 5.91 Å². The van der Waals surface area contributed by atoms with Crippen molar-refractivity contribution in [3.63, 3.8) is 0 Å². The molecule has 7 heteroatoms.